The van der Waals surface area contributed by atoms with Gasteiger partial charge >= 0.3 is 0 Å². The van der Waals surface area contributed by atoms with Gasteiger partial charge in [0.15, 0.2) is 0 Å². The highest BCUT2D eigenvalue weighted by Crippen LogP contribution is 2.56. The molecule has 3 N–H and O–H groups in total. The number of aromatic nitrogens is 5. The van der Waals surface area contributed by atoms with Crippen LogP contribution in [0.3, 0.4) is 0 Å². The van der Waals surface area contributed by atoms with E-state index in [1.54, 1.807) is 29.8 Å². The van der Waals surface area contributed by atoms with E-state index in [4.69, 9.17) is 4.98 Å². The van der Waals surface area contributed by atoms with Crippen LogP contribution in [0.1, 0.15) is 72.3 Å². The molecule has 0 aliphatic carbocycles. The number of fused-ring (bicyclic) bond motifs is 2. The molecule has 2 atom stereocenters. The standard InChI is InChI=1S/C35H43N7O3S2/c1-7-24-18-25-12-9-10-14-30(25)47(44,45)41(20-24)21-28-23(4)46-33(38-28)31(35(5,6)34(43)37-26-13-11-17-36-19-26)27-15-16-29-32(22(27)3)39-40-42(29)8-2/h9-17,19,24,31,44-45H,7-8,18,20-21H2,1-6H3,(H,37,43)/t24-,31+/m0/s1. The second kappa shape index (κ2) is 13.1. The van der Waals surface area contributed by atoms with Crippen LogP contribution in [0.15, 0.2) is 65.8 Å². The third-order valence-corrected chi connectivity index (χ3v) is 12.5. The molecule has 2 aromatic carbocycles. The summed E-state index contributed by atoms with van der Waals surface area (Å²) in [6.07, 6.45) is 5.03. The van der Waals surface area contributed by atoms with Gasteiger partial charge < -0.3 is 5.32 Å². The van der Waals surface area contributed by atoms with Gasteiger partial charge in [0.1, 0.15) is 10.5 Å². The van der Waals surface area contributed by atoms with Crippen molar-refractivity contribution in [1.29, 1.82) is 0 Å². The van der Waals surface area contributed by atoms with E-state index in [1.165, 1.54) is 0 Å². The molecule has 3 aromatic heterocycles. The summed E-state index contributed by atoms with van der Waals surface area (Å²) in [5.74, 6) is -0.316. The van der Waals surface area contributed by atoms with Crippen LogP contribution in [0.25, 0.3) is 11.0 Å². The lowest BCUT2D eigenvalue weighted by atomic mass is 9.73. The van der Waals surface area contributed by atoms with E-state index in [2.05, 4.69) is 33.6 Å². The Morgan fingerprint density at radius 2 is 1.91 bits per heavy atom. The van der Waals surface area contributed by atoms with Crippen molar-refractivity contribution >= 4 is 44.7 Å². The van der Waals surface area contributed by atoms with Crippen LogP contribution in [-0.4, -0.2) is 50.8 Å². The Hall–Kier alpha value is -3.68. The molecule has 12 heteroatoms. The van der Waals surface area contributed by atoms with Crippen LogP contribution in [0.4, 0.5) is 5.69 Å². The van der Waals surface area contributed by atoms with Crippen molar-refractivity contribution in [2.24, 2.45) is 11.3 Å². The number of amides is 1. The highest BCUT2D eigenvalue weighted by atomic mass is 32.3. The number of rotatable bonds is 9. The summed E-state index contributed by atoms with van der Waals surface area (Å²) in [6, 6.07) is 15.4. The lowest BCUT2D eigenvalue weighted by molar-refractivity contribution is -0.124. The number of nitrogens with one attached hydrogen (secondary N) is 1. The van der Waals surface area contributed by atoms with Gasteiger partial charge in [-0.15, -0.1) is 27.2 Å². The predicted octanol–water partition coefficient (Wildman–Crippen LogP) is 7.83. The number of carbonyl (C=O) groups is 1. The number of hydrogen-bond donors (Lipinski definition) is 3. The molecule has 4 heterocycles. The lowest BCUT2D eigenvalue weighted by Gasteiger charge is -2.42. The highest BCUT2D eigenvalue weighted by Gasteiger charge is 2.43. The molecule has 0 saturated carbocycles. The van der Waals surface area contributed by atoms with E-state index in [9.17, 15) is 13.9 Å². The van der Waals surface area contributed by atoms with Gasteiger partial charge in [-0.25, -0.2) is 9.67 Å². The number of benzene rings is 2. The minimum absolute atomic E-state index is 0.161. The maximum absolute atomic E-state index is 14.1. The van der Waals surface area contributed by atoms with Gasteiger partial charge in [0.05, 0.1) is 45.9 Å². The molecule has 47 heavy (non-hydrogen) atoms. The second-order valence-electron chi connectivity index (χ2n) is 12.9. The van der Waals surface area contributed by atoms with E-state index < -0.39 is 22.1 Å². The Morgan fingerprint density at radius 3 is 2.64 bits per heavy atom. The molecule has 10 nitrogen and oxygen atoms in total. The van der Waals surface area contributed by atoms with Gasteiger partial charge in [0.2, 0.25) is 5.91 Å². The quantitative estimate of drug-likeness (QED) is 0.144. The molecule has 1 amide bonds. The van der Waals surface area contributed by atoms with Crippen molar-refractivity contribution in [2.75, 3.05) is 11.9 Å². The van der Waals surface area contributed by atoms with Crippen molar-refractivity contribution in [3.05, 3.63) is 93.2 Å². The van der Waals surface area contributed by atoms with Gasteiger partial charge in [-0.2, -0.15) is 4.31 Å². The van der Waals surface area contributed by atoms with Crippen molar-refractivity contribution in [1.82, 2.24) is 29.3 Å². The summed E-state index contributed by atoms with van der Waals surface area (Å²) >= 11 is 1.55. The largest absolute Gasteiger partial charge is 0.324 e. The third kappa shape index (κ3) is 6.20. The maximum atomic E-state index is 14.1. The third-order valence-electron chi connectivity index (χ3n) is 9.48. The Kier molecular flexibility index (Phi) is 9.25. The van der Waals surface area contributed by atoms with Gasteiger partial charge in [0, 0.05) is 24.2 Å². The molecule has 0 saturated heterocycles. The first-order valence-electron chi connectivity index (χ1n) is 16.1. The van der Waals surface area contributed by atoms with E-state index >= 15 is 0 Å². The van der Waals surface area contributed by atoms with Crippen molar-refractivity contribution in [3.8, 4) is 0 Å². The molecule has 0 radical (unpaired) electrons. The number of pyridine rings is 1. The molecule has 0 spiro atoms. The fraction of sp³-hybridized carbons (Fsp3) is 0.400. The topological polar surface area (TPSA) is 129 Å². The van der Waals surface area contributed by atoms with Gasteiger partial charge in [-0.1, -0.05) is 56.7 Å². The summed E-state index contributed by atoms with van der Waals surface area (Å²) < 4.78 is 27.1. The van der Waals surface area contributed by atoms with Gasteiger partial charge in [0.25, 0.3) is 0 Å². The molecule has 6 rings (SSSR count). The Bertz CT molecular complexity index is 1900. The van der Waals surface area contributed by atoms with Crippen LogP contribution < -0.4 is 5.32 Å². The van der Waals surface area contributed by atoms with Crippen molar-refractivity contribution in [2.45, 2.75) is 78.3 Å². The van der Waals surface area contributed by atoms with Crippen LogP contribution in [0.2, 0.25) is 0 Å². The van der Waals surface area contributed by atoms with Crippen molar-refractivity contribution < 1.29 is 13.9 Å². The first kappa shape index (κ1) is 33.2. The zero-order valence-electron chi connectivity index (χ0n) is 27.8. The van der Waals surface area contributed by atoms with Gasteiger partial charge in [-0.05, 0) is 74.1 Å². The Morgan fingerprint density at radius 1 is 1.13 bits per heavy atom. The molecule has 5 aromatic rings. The molecular weight excluding hydrogens is 631 g/mol. The van der Waals surface area contributed by atoms with E-state index in [-0.39, 0.29) is 18.4 Å². The van der Waals surface area contributed by atoms with E-state index in [1.807, 2.05) is 80.0 Å². The zero-order chi connectivity index (χ0) is 33.5. The summed E-state index contributed by atoms with van der Waals surface area (Å²) in [7, 11) is -3.24. The highest BCUT2D eigenvalue weighted by molar-refractivity contribution is 8.22. The molecule has 1 aliphatic rings. The summed E-state index contributed by atoms with van der Waals surface area (Å²) in [5.41, 5.74) is 5.09. The molecule has 0 bridgehead atoms. The Balaban J connectivity index is 1.43. The number of thiazole rings is 1. The van der Waals surface area contributed by atoms with Crippen LogP contribution >= 0.6 is 22.1 Å². The zero-order valence-corrected chi connectivity index (χ0v) is 29.4. The lowest BCUT2D eigenvalue weighted by Crippen LogP contribution is -2.37. The fourth-order valence-electron chi connectivity index (χ4n) is 6.58. The maximum Gasteiger partial charge on any atom is 0.231 e. The monoisotopic (exact) mass is 673 g/mol. The molecule has 1 aliphatic heterocycles. The van der Waals surface area contributed by atoms with Crippen molar-refractivity contribution in [3.63, 3.8) is 0 Å². The minimum atomic E-state index is -3.24. The number of hydrogen-bond acceptors (Lipinski definition) is 9. The average Bonchev–Trinajstić information content (AvgIpc) is 3.62. The van der Waals surface area contributed by atoms with E-state index in [0.29, 0.717) is 23.7 Å². The average molecular weight is 674 g/mol. The molecule has 0 unspecified atom stereocenters. The Labute approximate surface area is 281 Å². The SMILES string of the molecule is CC[C@H]1Cc2ccccc2S(O)(O)N(Cc2nc([C@@H](c3ccc4c(nnn4CC)c3C)C(C)(C)C(=O)Nc3cccnc3)sc2C)C1. The minimum Gasteiger partial charge on any atom is -0.324 e. The summed E-state index contributed by atoms with van der Waals surface area (Å²) in [6.45, 7) is 13.7. The molecular formula is C35H43N7O3S2. The fourth-order valence-corrected chi connectivity index (χ4v) is 9.58. The number of aryl methyl sites for hydroxylation is 3. The number of anilines is 1. The smallest absolute Gasteiger partial charge is 0.231 e. The van der Waals surface area contributed by atoms with Crippen LogP contribution in [0, 0.1) is 25.2 Å². The molecule has 0 fully saturated rings. The summed E-state index contributed by atoms with van der Waals surface area (Å²) in [4.78, 5) is 25.1. The predicted molar refractivity (Wildman–Crippen MR) is 189 cm³/mol. The normalized spacial score (nSPS) is 18.0. The number of carbonyl (C=O) groups excluding carboxylic acids is 1. The van der Waals surface area contributed by atoms with Crippen LogP contribution in [0.5, 0.6) is 0 Å². The number of nitrogens with zero attached hydrogens (tertiary/aromatic N) is 6. The first-order chi connectivity index (χ1) is 22.4. The van der Waals surface area contributed by atoms with E-state index in [0.717, 1.165) is 56.1 Å². The summed E-state index contributed by atoms with van der Waals surface area (Å²) in [5, 5.41) is 12.7. The van der Waals surface area contributed by atoms with Gasteiger partial charge in [-0.3, -0.25) is 18.9 Å². The molecule has 248 valence electrons. The second-order valence-corrected chi connectivity index (χ2v) is 16.1. The first-order valence-corrected chi connectivity index (χ1v) is 18.4. The van der Waals surface area contributed by atoms with Crippen LogP contribution in [-0.2, 0) is 24.3 Å².